The predicted molar refractivity (Wildman–Crippen MR) is 94.5 cm³/mol. The van der Waals surface area contributed by atoms with E-state index in [4.69, 9.17) is 11.6 Å². The predicted octanol–water partition coefficient (Wildman–Crippen LogP) is 1.36. The zero-order chi connectivity index (χ0) is 18.2. The lowest BCUT2D eigenvalue weighted by Gasteiger charge is -2.29. The first-order valence-corrected chi connectivity index (χ1v) is 9.75. The number of nitrogens with one attached hydrogen (secondary N) is 2. The molecule has 9 heteroatoms. The van der Waals surface area contributed by atoms with Gasteiger partial charge in [0, 0.05) is 18.1 Å². The smallest absolute Gasteiger partial charge is 0.322 e. The number of amides is 3. The molecule has 1 aromatic carbocycles. The normalized spacial score (nSPS) is 24.6. The highest BCUT2D eigenvalue weighted by Crippen LogP contribution is 2.26. The molecule has 1 aromatic rings. The van der Waals surface area contributed by atoms with Crippen LogP contribution in [0.5, 0.6) is 0 Å². The van der Waals surface area contributed by atoms with Gasteiger partial charge in [0.15, 0.2) is 0 Å². The molecule has 25 heavy (non-hydrogen) atoms. The number of hydrogen-bond acceptors (Lipinski definition) is 4. The first kappa shape index (κ1) is 17.9. The largest absolute Gasteiger partial charge is 0.322 e. The fourth-order valence-corrected chi connectivity index (χ4v) is 4.88. The molecule has 0 radical (unpaired) electrons. The number of benzene rings is 1. The van der Waals surface area contributed by atoms with Crippen LogP contribution in [0.2, 0.25) is 5.02 Å². The van der Waals surface area contributed by atoms with Gasteiger partial charge in [-0.1, -0.05) is 29.8 Å². The van der Waals surface area contributed by atoms with Crippen molar-refractivity contribution in [2.45, 2.75) is 18.9 Å². The third kappa shape index (κ3) is 3.70. The summed E-state index contributed by atoms with van der Waals surface area (Å²) in [5.74, 6) is -1.10. The van der Waals surface area contributed by atoms with Crippen LogP contribution >= 0.6 is 11.6 Å². The van der Waals surface area contributed by atoms with E-state index in [0.29, 0.717) is 18.0 Å². The molecule has 1 saturated heterocycles. The zero-order valence-corrected chi connectivity index (χ0v) is 15.2. The fourth-order valence-electron chi connectivity index (χ4n) is 2.97. The van der Waals surface area contributed by atoms with Crippen LogP contribution in [0.25, 0.3) is 5.57 Å². The van der Waals surface area contributed by atoms with Crippen molar-refractivity contribution in [2.75, 3.05) is 18.8 Å². The van der Waals surface area contributed by atoms with Gasteiger partial charge < -0.3 is 5.32 Å². The second-order valence-electron chi connectivity index (χ2n) is 6.34. The van der Waals surface area contributed by atoms with Gasteiger partial charge in [-0.05, 0) is 36.6 Å². The van der Waals surface area contributed by atoms with Gasteiger partial charge in [-0.2, -0.15) is 4.31 Å². The second-order valence-corrected chi connectivity index (χ2v) is 8.75. The summed E-state index contributed by atoms with van der Waals surface area (Å²) in [7, 11) is -3.70. The van der Waals surface area contributed by atoms with Crippen LogP contribution in [-0.2, 0) is 14.8 Å². The van der Waals surface area contributed by atoms with Gasteiger partial charge in [-0.25, -0.2) is 13.2 Å². The number of nitrogens with zero attached hydrogens (tertiary/aromatic N) is 1. The number of rotatable bonds is 4. The lowest BCUT2D eigenvalue weighted by molar-refractivity contribution is -0.122. The molecule has 2 aliphatic rings. The van der Waals surface area contributed by atoms with Crippen molar-refractivity contribution in [3.8, 4) is 0 Å². The van der Waals surface area contributed by atoms with Crippen molar-refractivity contribution in [1.82, 2.24) is 14.9 Å². The minimum atomic E-state index is -3.70. The molecule has 0 spiro atoms. The van der Waals surface area contributed by atoms with Gasteiger partial charge in [0.25, 0.3) is 5.91 Å². The number of hydrogen-bond donors (Lipinski definition) is 2. The van der Waals surface area contributed by atoms with Crippen molar-refractivity contribution in [3.63, 3.8) is 0 Å². The van der Waals surface area contributed by atoms with E-state index < -0.39 is 33.3 Å². The van der Waals surface area contributed by atoms with Crippen LogP contribution in [0.4, 0.5) is 4.79 Å². The molecular weight excluding hydrogens is 366 g/mol. The Kier molecular flexibility index (Phi) is 4.61. The van der Waals surface area contributed by atoms with Crippen molar-refractivity contribution in [1.29, 1.82) is 0 Å². The Morgan fingerprint density at radius 2 is 1.92 bits per heavy atom. The van der Waals surface area contributed by atoms with Crippen molar-refractivity contribution < 1.29 is 18.0 Å². The second kappa shape index (κ2) is 6.44. The van der Waals surface area contributed by atoms with E-state index in [9.17, 15) is 18.0 Å². The monoisotopic (exact) mass is 383 g/mol. The molecule has 7 nitrogen and oxygen atoms in total. The standard InChI is InChI=1S/C16H18ClN3O4S/c1-16(14(21)18-15(22)19-16)10-25(23,24)20-8-6-12(7-9-20)11-2-4-13(17)5-3-11/h2-6H,7-10H2,1H3,(H2,18,19,21,22)/t16-/m1/s1. The molecule has 0 bridgehead atoms. The number of urea groups is 1. The summed E-state index contributed by atoms with van der Waals surface area (Å²) in [6.07, 6.45) is 2.43. The topological polar surface area (TPSA) is 95.6 Å². The van der Waals surface area contributed by atoms with E-state index in [1.807, 2.05) is 18.2 Å². The van der Waals surface area contributed by atoms with E-state index in [1.165, 1.54) is 11.2 Å². The Balaban J connectivity index is 1.72. The lowest BCUT2D eigenvalue weighted by Crippen LogP contribution is -2.52. The summed E-state index contributed by atoms with van der Waals surface area (Å²) in [5, 5.41) is 5.10. The molecule has 2 N–H and O–H groups in total. The SMILES string of the molecule is C[C@]1(CS(=O)(=O)N2CC=C(c3ccc(Cl)cc3)CC2)NC(=O)NC1=O. The molecule has 0 aromatic heterocycles. The van der Waals surface area contributed by atoms with Crippen LogP contribution in [0.3, 0.4) is 0 Å². The van der Waals surface area contributed by atoms with Crippen LogP contribution in [-0.4, -0.2) is 49.0 Å². The summed E-state index contributed by atoms with van der Waals surface area (Å²) < 4.78 is 26.6. The van der Waals surface area contributed by atoms with E-state index in [0.717, 1.165) is 11.1 Å². The van der Waals surface area contributed by atoms with E-state index in [-0.39, 0.29) is 6.54 Å². The van der Waals surface area contributed by atoms with Gasteiger partial charge in [0.2, 0.25) is 10.0 Å². The number of imide groups is 1. The van der Waals surface area contributed by atoms with Gasteiger partial charge in [0.05, 0.1) is 5.75 Å². The molecule has 2 heterocycles. The summed E-state index contributed by atoms with van der Waals surface area (Å²) in [6, 6.07) is 6.72. The van der Waals surface area contributed by atoms with E-state index >= 15 is 0 Å². The highest BCUT2D eigenvalue weighted by molar-refractivity contribution is 7.89. The quantitative estimate of drug-likeness (QED) is 0.767. The molecule has 0 unspecified atom stereocenters. The van der Waals surface area contributed by atoms with E-state index in [2.05, 4.69) is 10.6 Å². The van der Waals surface area contributed by atoms with E-state index in [1.54, 1.807) is 12.1 Å². The molecular formula is C16H18ClN3O4S. The highest BCUT2D eigenvalue weighted by Gasteiger charge is 2.46. The Hall–Kier alpha value is -1.90. The molecule has 3 rings (SSSR count). The molecule has 134 valence electrons. The minimum absolute atomic E-state index is 0.228. The lowest BCUT2D eigenvalue weighted by atomic mass is 10.0. The van der Waals surface area contributed by atoms with Crippen LogP contribution in [0.15, 0.2) is 30.3 Å². The van der Waals surface area contributed by atoms with Crippen molar-refractivity contribution in [3.05, 3.63) is 40.9 Å². The Labute approximate surface area is 151 Å². The summed E-state index contributed by atoms with van der Waals surface area (Å²) in [4.78, 5) is 23.1. The molecule has 3 amide bonds. The number of carbonyl (C=O) groups is 2. The molecule has 1 fully saturated rings. The fraction of sp³-hybridized carbons (Fsp3) is 0.375. The van der Waals surface area contributed by atoms with Gasteiger partial charge in [-0.3, -0.25) is 10.1 Å². The van der Waals surface area contributed by atoms with Gasteiger partial charge >= 0.3 is 6.03 Å². The number of carbonyl (C=O) groups excluding carboxylic acids is 2. The highest BCUT2D eigenvalue weighted by atomic mass is 35.5. The third-order valence-corrected chi connectivity index (χ3v) is 6.68. The maximum atomic E-state index is 12.6. The number of halogens is 1. The van der Waals surface area contributed by atoms with Crippen LogP contribution in [0, 0.1) is 0 Å². The number of sulfonamides is 1. The third-order valence-electron chi connectivity index (χ3n) is 4.37. The molecule has 2 aliphatic heterocycles. The zero-order valence-electron chi connectivity index (χ0n) is 13.6. The molecule has 0 aliphatic carbocycles. The first-order valence-electron chi connectivity index (χ1n) is 7.76. The molecule has 1 atom stereocenters. The molecule has 0 saturated carbocycles. The maximum Gasteiger partial charge on any atom is 0.322 e. The first-order chi connectivity index (χ1) is 11.7. The summed E-state index contributed by atoms with van der Waals surface area (Å²) >= 11 is 5.88. The van der Waals surface area contributed by atoms with Crippen LogP contribution in [0.1, 0.15) is 18.9 Å². The van der Waals surface area contributed by atoms with Gasteiger partial charge in [0.1, 0.15) is 5.54 Å². The Morgan fingerprint density at radius 1 is 1.24 bits per heavy atom. The average Bonchev–Trinajstić information content (AvgIpc) is 2.79. The van der Waals surface area contributed by atoms with Crippen molar-refractivity contribution >= 4 is 39.1 Å². The van der Waals surface area contributed by atoms with Gasteiger partial charge in [-0.15, -0.1) is 0 Å². The average molecular weight is 384 g/mol. The summed E-state index contributed by atoms with van der Waals surface area (Å²) in [5.41, 5.74) is 0.618. The maximum absolute atomic E-state index is 12.6. The Morgan fingerprint density at radius 3 is 2.44 bits per heavy atom. The van der Waals surface area contributed by atoms with Crippen molar-refractivity contribution in [2.24, 2.45) is 0 Å². The summed E-state index contributed by atoms with van der Waals surface area (Å²) in [6.45, 7) is 1.96. The minimum Gasteiger partial charge on any atom is -0.322 e. The van der Waals surface area contributed by atoms with Crippen LogP contribution < -0.4 is 10.6 Å². The Bertz CT molecular complexity index is 851.